The molecule has 1 heterocycles. The summed E-state index contributed by atoms with van der Waals surface area (Å²) in [4.78, 5) is 4.05. The van der Waals surface area contributed by atoms with Crippen molar-refractivity contribution in [2.75, 3.05) is 0 Å². The number of nitrogens with zero attached hydrogens (tertiary/aromatic N) is 3. The third-order valence-electron chi connectivity index (χ3n) is 2.00. The van der Waals surface area contributed by atoms with E-state index in [1.54, 1.807) is 12.1 Å². The number of benzene rings is 1. The summed E-state index contributed by atoms with van der Waals surface area (Å²) in [6.45, 7) is 1.95. The van der Waals surface area contributed by atoms with Gasteiger partial charge in [-0.15, -0.1) is 5.10 Å². The van der Waals surface area contributed by atoms with Crippen molar-refractivity contribution in [2.45, 2.75) is 13.3 Å². The Hall–Kier alpha value is -1.42. The molecule has 0 aliphatic carbocycles. The maximum atomic E-state index is 12.7. The Kier molecular flexibility index (Phi) is 2.68. The van der Waals surface area contributed by atoms with E-state index in [0.717, 1.165) is 0 Å². The molecule has 3 nitrogen and oxygen atoms in total. The number of aryl methyl sites for hydroxylation is 1. The van der Waals surface area contributed by atoms with Crippen molar-refractivity contribution in [1.29, 1.82) is 0 Å². The molecule has 1 aromatic heterocycles. The molecule has 0 amide bonds. The van der Waals surface area contributed by atoms with Gasteiger partial charge in [-0.3, -0.25) is 0 Å². The van der Waals surface area contributed by atoms with E-state index in [-0.39, 0.29) is 5.82 Å². The molecule has 0 unspecified atom stereocenters. The average molecular weight is 226 g/mol. The van der Waals surface area contributed by atoms with Crippen LogP contribution in [0.2, 0.25) is 5.28 Å². The van der Waals surface area contributed by atoms with E-state index < -0.39 is 0 Å². The van der Waals surface area contributed by atoms with Crippen molar-refractivity contribution >= 4 is 11.6 Å². The lowest BCUT2D eigenvalue weighted by molar-refractivity contribution is 0.627. The van der Waals surface area contributed by atoms with Gasteiger partial charge >= 0.3 is 0 Å². The molecule has 0 saturated heterocycles. The van der Waals surface area contributed by atoms with Crippen LogP contribution in [0, 0.1) is 5.82 Å². The molecule has 2 rings (SSSR count). The van der Waals surface area contributed by atoms with Gasteiger partial charge in [-0.1, -0.05) is 6.92 Å². The number of hydrogen-bond donors (Lipinski definition) is 0. The van der Waals surface area contributed by atoms with E-state index in [2.05, 4.69) is 10.1 Å². The Morgan fingerprint density at radius 3 is 2.53 bits per heavy atom. The predicted molar refractivity (Wildman–Crippen MR) is 55.7 cm³/mol. The zero-order valence-corrected chi connectivity index (χ0v) is 8.87. The topological polar surface area (TPSA) is 30.7 Å². The van der Waals surface area contributed by atoms with Gasteiger partial charge in [0.2, 0.25) is 5.28 Å². The lowest BCUT2D eigenvalue weighted by Crippen LogP contribution is -1.97. The summed E-state index contributed by atoms with van der Waals surface area (Å²) in [5.41, 5.74) is 0.702. The summed E-state index contributed by atoms with van der Waals surface area (Å²) in [7, 11) is 0. The van der Waals surface area contributed by atoms with Crippen LogP contribution in [0.5, 0.6) is 0 Å². The third-order valence-corrected chi connectivity index (χ3v) is 2.24. The minimum absolute atomic E-state index is 0.286. The molecule has 0 N–H and O–H groups in total. The normalized spacial score (nSPS) is 10.6. The highest BCUT2D eigenvalue weighted by Gasteiger charge is 2.07. The highest BCUT2D eigenvalue weighted by Crippen LogP contribution is 2.14. The first-order valence-corrected chi connectivity index (χ1v) is 4.96. The van der Waals surface area contributed by atoms with Crippen molar-refractivity contribution in [3.63, 3.8) is 0 Å². The largest absolute Gasteiger partial charge is 0.225 e. The maximum Gasteiger partial charge on any atom is 0.225 e. The summed E-state index contributed by atoms with van der Waals surface area (Å²) < 4.78 is 14.2. The van der Waals surface area contributed by atoms with Gasteiger partial charge in [0.25, 0.3) is 0 Å². The Labute approximate surface area is 91.5 Å². The third kappa shape index (κ3) is 1.99. The van der Waals surface area contributed by atoms with Crippen molar-refractivity contribution in [3.8, 4) is 5.69 Å². The van der Waals surface area contributed by atoms with Crippen LogP contribution in [-0.2, 0) is 6.42 Å². The molecule has 78 valence electrons. The lowest BCUT2D eigenvalue weighted by Gasteiger charge is -2.00. The molecule has 0 spiro atoms. The fraction of sp³-hybridized carbons (Fsp3) is 0.200. The van der Waals surface area contributed by atoms with E-state index in [1.165, 1.54) is 16.8 Å². The molecule has 0 saturated carbocycles. The summed E-state index contributed by atoms with van der Waals surface area (Å²) in [6, 6.07) is 5.93. The molecular weight excluding hydrogens is 217 g/mol. The first-order valence-electron chi connectivity index (χ1n) is 4.58. The SMILES string of the molecule is CCc1nc(Cl)n(-c2ccc(F)cc2)n1. The summed E-state index contributed by atoms with van der Waals surface area (Å²) in [5.74, 6) is 0.384. The van der Waals surface area contributed by atoms with Crippen LogP contribution in [0.1, 0.15) is 12.7 Å². The zero-order chi connectivity index (χ0) is 10.8. The minimum atomic E-state index is -0.286. The van der Waals surface area contributed by atoms with E-state index in [9.17, 15) is 4.39 Å². The van der Waals surface area contributed by atoms with Crippen LogP contribution in [0.15, 0.2) is 24.3 Å². The lowest BCUT2D eigenvalue weighted by atomic mass is 10.3. The molecule has 1 aromatic carbocycles. The first kappa shape index (κ1) is 10.1. The van der Waals surface area contributed by atoms with Gasteiger partial charge in [-0.05, 0) is 35.9 Å². The second-order valence-corrected chi connectivity index (χ2v) is 3.38. The maximum absolute atomic E-state index is 12.7. The minimum Gasteiger partial charge on any atom is -0.207 e. The smallest absolute Gasteiger partial charge is 0.207 e. The number of aromatic nitrogens is 3. The van der Waals surface area contributed by atoms with E-state index in [4.69, 9.17) is 11.6 Å². The van der Waals surface area contributed by atoms with Crippen LogP contribution in [0.3, 0.4) is 0 Å². The monoisotopic (exact) mass is 225 g/mol. The molecule has 0 atom stereocenters. The van der Waals surface area contributed by atoms with Crippen molar-refractivity contribution in [1.82, 2.24) is 14.8 Å². The molecule has 5 heteroatoms. The quantitative estimate of drug-likeness (QED) is 0.787. The van der Waals surface area contributed by atoms with Crippen LogP contribution in [0.25, 0.3) is 5.69 Å². The van der Waals surface area contributed by atoms with Gasteiger partial charge in [-0.25, -0.2) is 14.1 Å². The van der Waals surface area contributed by atoms with E-state index >= 15 is 0 Å². The Balaban J connectivity index is 2.44. The van der Waals surface area contributed by atoms with Crippen molar-refractivity contribution < 1.29 is 4.39 Å². The van der Waals surface area contributed by atoms with Gasteiger partial charge < -0.3 is 0 Å². The molecule has 15 heavy (non-hydrogen) atoms. The number of rotatable bonds is 2. The predicted octanol–water partition coefficient (Wildman–Crippen LogP) is 2.62. The molecule has 0 aliphatic heterocycles. The number of halogens is 2. The highest BCUT2D eigenvalue weighted by molar-refractivity contribution is 6.28. The Bertz CT molecular complexity index is 464. The molecule has 2 aromatic rings. The summed E-state index contributed by atoms with van der Waals surface area (Å²) in [6.07, 6.45) is 0.716. The highest BCUT2D eigenvalue weighted by atomic mass is 35.5. The van der Waals surface area contributed by atoms with Gasteiger partial charge in [0.1, 0.15) is 5.82 Å². The fourth-order valence-electron chi connectivity index (χ4n) is 1.23. The van der Waals surface area contributed by atoms with Crippen LogP contribution < -0.4 is 0 Å². The van der Waals surface area contributed by atoms with Gasteiger partial charge in [0.05, 0.1) is 5.69 Å². The van der Waals surface area contributed by atoms with Gasteiger partial charge in [-0.2, -0.15) is 0 Å². The molecule has 0 fully saturated rings. The second-order valence-electron chi connectivity index (χ2n) is 3.04. The summed E-state index contributed by atoms with van der Waals surface area (Å²) in [5, 5.41) is 4.47. The molecule has 0 aliphatic rings. The van der Waals surface area contributed by atoms with Crippen molar-refractivity contribution in [2.24, 2.45) is 0 Å². The van der Waals surface area contributed by atoms with Gasteiger partial charge in [0, 0.05) is 6.42 Å². The average Bonchev–Trinajstić information content (AvgIpc) is 2.61. The molecule has 0 bridgehead atoms. The standard InChI is InChI=1S/C10H9ClFN3/c1-2-9-13-10(11)15(14-9)8-5-3-7(12)4-6-8/h3-6H,2H2,1H3. The number of hydrogen-bond acceptors (Lipinski definition) is 2. The second kappa shape index (κ2) is 3.98. The van der Waals surface area contributed by atoms with E-state index in [1.807, 2.05) is 6.92 Å². The van der Waals surface area contributed by atoms with Gasteiger partial charge in [0.15, 0.2) is 5.82 Å². The Morgan fingerprint density at radius 2 is 2.00 bits per heavy atom. The molecule has 0 radical (unpaired) electrons. The Morgan fingerprint density at radius 1 is 1.33 bits per heavy atom. The van der Waals surface area contributed by atoms with Crippen LogP contribution in [-0.4, -0.2) is 14.8 Å². The fourth-order valence-corrected chi connectivity index (χ4v) is 1.46. The van der Waals surface area contributed by atoms with Crippen LogP contribution >= 0.6 is 11.6 Å². The zero-order valence-electron chi connectivity index (χ0n) is 8.11. The molecular formula is C10H9ClFN3. The van der Waals surface area contributed by atoms with E-state index in [0.29, 0.717) is 23.2 Å². The van der Waals surface area contributed by atoms with Crippen molar-refractivity contribution in [3.05, 3.63) is 41.2 Å². The summed E-state index contributed by atoms with van der Waals surface area (Å²) >= 11 is 5.89. The van der Waals surface area contributed by atoms with Crippen LogP contribution in [0.4, 0.5) is 4.39 Å². The first-order chi connectivity index (χ1) is 7.20.